The molecule has 0 radical (unpaired) electrons. The molecule has 128 valence electrons. The summed E-state index contributed by atoms with van der Waals surface area (Å²) < 4.78 is 0.367. The van der Waals surface area contributed by atoms with Crippen molar-refractivity contribution < 1.29 is 14.5 Å². The highest BCUT2D eigenvalue weighted by atomic mass is 79.9. The van der Waals surface area contributed by atoms with Gasteiger partial charge in [0.2, 0.25) is 11.8 Å². The Morgan fingerprint density at radius 3 is 2.12 bits per heavy atom. The highest BCUT2D eigenvalue weighted by molar-refractivity contribution is 9.10. The van der Waals surface area contributed by atoms with E-state index in [1.165, 1.54) is 28.7 Å². The van der Waals surface area contributed by atoms with Crippen LogP contribution in [-0.4, -0.2) is 16.7 Å². The number of carbonyl (C=O) groups excluding carboxylic acids is 2. The molecule has 7 heteroatoms. The number of nitro benzene ring substituents is 1. The van der Waals surface area contributed by atoms with Crippen LogP contribution in [0, 0.1) is 33.8 Å². The van der Waals surface area contributed by atoms with Gasteiger partial charge in [-0.25, -0.2) is 4.90 Å². The van der Waals surface area contributed by atoms with Gasteiger partial charge in [0.05, 0.1) is 22.4 Å². The summed E-state index contributed by atoms with van der Waals surface area (Å²) in [6, 6.07) is 4.08. The van der Waals surface area contributed by atoms with Crippen molar-refractivity contribution in [2.24, 2.45) is 23.7 Å². The minimum absolute atomic E-state index is 0.0155. The standard InChI is InChI=1S/C18H15BrN2O4/c1-8(2)14-10-4-5-11(14)16-15(10)17(22)20(18(16)23)13-6-3-9(21(24)25)7-12(13)19/h3-7,10-11,15-16H,1-2H3/t10-,11+,15-,16-/m1/s1. The van der Waals surface area contributed by atoms with Crippen molar-refractivity contribution in [2.45, 2.75) is 13.8 Å². The number of nitro groups is 1. The summed E-state index contributed by atoms with van der Waals surface area (Å²) in [5.41, 5.74) is 2.63. The van der Waals surface area contributed by atoms with Gasteiger partial charge in [0.15, 0.2) is 0 Å². The van der Waals surface area contributed by atoms with Gasteiger partial charge in [-0.05, 0) is 35.8 Å². The highest BCUT2D eigenvalue weighted by Gasteiger charge is 2.62. The predicted molar refractivity (Wildman–Crippen MR) is 94.8 cm³/mol. The van der Waals surface area contributed by atoms with E-state index in [-0.39, 0.29) is 41.2 Å². The van der Waals surface area contributed by atoms with Gasteiger partial charge in [0.1, 0.15) is 0 Å². The molecule has 1 saturated carbocycles. The lowest BCUT2D eigenvalue weighted by molar-refractivity contribution is -0.384. The lowest BCUT2D eigenvalue weighted by Gasteiger charge is -2.20. The van der Waals surface area contributed by atoms with E-state index in [0.717, 1.165) is 5.57 Å². The largest absolute Gasteiger partial charge is 0.274 e. The molecule has 0 aromatic heterocycles. The molecule has 2 fully saturated rings. The van der Waals surface area contributed by atoms with E-state index in [9.17, 15) is 19.7 Å². The topological polar surface area (TPSA) is 80.5 Å². The average Bonchev–Trinajstić information content (AvgIpc) is 3.18. The number of nitrogens with zero attached hydrogens (tertiary/aromatic N) is 2. The Kier molecular flexibility index (Phi) is 3.47. The molecule has 0 unspecified atom stereocenters. The Bertz CT molecular complexity index is 866. The quantitative estimate of drug-likeness (QED) is 0.327. The number of carbonyl (C=O) groups is 2. The molecule has 4 rings (SSSR count). The number of fused-ring (bicyclic) bond motifs is 5. The third-order valence-corrected chi connectivity index (χ3v) is 6.01. The summed E-state index contributed by atoms with van der Waals surface area (Å²) >= 11 is 3.27. The van der Waals surface area contributed by atoms with Crippen LogP contribution in [0.4, 0.5) is 11.4 Å². The number of hydrogen-bond acceptors (Lipinski definition) is 4. The number of anilines is 1. The lowest BCUT2D eigenvalue weighted by atomic mass is 9.85. The molecule has 1 saturated heterocycles. The number of non-ortho nitro benzene ring substituents is 1. The third kappa shape index (κ3) is 2.08. The average molecular weight is 403 g/mol. The number of amides is 2. The Morgan fingerprint density at radius 2 is 1.68 bits per heavy atom. The number of hydrogen-bond donors (Lipinski definition) is 0. The van der Waals surface area contributed by atoms with E-state index in [1.807, 2.05) is 26.0 Å². The molecule has 1 aromatic carbocycles. The van der Waals surface area contributed by atoms with E-state index in [0.29, 0.717) is 10.2 Å². The third-order valence-electron chi connectivity index (χ3n) is 5.38. The molecule has 2 bridgehead atoms. The molecule has 25 heavy (non-hydrogen) atoms. The van der Waals surface area contributed by atoms with E-state index < -0.39 is 4.92 Å². The number of halogens is 1. The van der Waals surface area contributed by atoms with Gasteiger partial charge in [-0.1, -0.05) is 23.3 Å². The Labute approximate surface area is 152 Å². The normalized spacial score (nSPS) is 29.6. The van der Waals surface area contributed by atoms with Crippen LogP contribution in [0.15, 0.2) is 46.0 Å². The second-order valence-corrected chi connectivity index (χ2v) is 7.70. The van der Waals surface area contributed by atoms with Crippen molar-refractivity contribution in [3.8, 4) is 0 Å². The molecule has 1 aliphatic heterocycles. The summed E-state index contributed by atoms with van der Waals surface area (Å²) in [5.74, 6) is -1.21. The molecular weight excluding hydrogens is 388 g/mol. The Balaban J connectivity index is 1.75. The maximum Gasteiger partial charge on any atom is 0.270 e. The molecule has 1 heterocycles. The van der Waals surface area contributed by atoms with Crippen molar-refractivity contribution in [2.75, 3.05) is 4.90 Å². The smallest absolute Gasteiger partial charge is 0.270 e. The molecule has 0 spiro atoms. The maximum atomic E-state index is 13.0. The van der Waals surface area contributed by atoms with Crippen LogP contribution in [0.25, 0.3) is 0 Å². The molecule has 0 N–H and O–H groups in total. The molecule has 3 aliphatic rings. The van der Waals surface area contributed by atoms with Crippen molar-refractivity contribution in [1.29, 1.82) is 0 Å². The van der Waals surface area contributed by atoms with Crippen molar-refractivity contribution in [3.05, 3.63) is 56.1 Å². The van der Waals surface area contributed by atoms with Gasteiger partial charge in [0, 0.05) is 28.4 Å². The minimum Gasteiger partial charge on any atom is -0.274 e. The first kappa shape index (κ1) is 16.2. The first-order chi connectivity index (χ1) is 11.8. The van der Waals surface area contributed by atoms with Gasteiger partial charge in [-0.2, -0.15) is 0 Å². The molecule has 4 atom stereocenters. The Hall–Kier alpha value is -2.28. The summed E-state index contributed by atoms with van der Waals surface area (Å²) in [6.45, 7) is 4.03. The molecule has 2 amide bonds. The molecular formula is C18H15BrN2O4. The fourth-order valence-corrected chi connectivity index (χ4v) is 5.00. The van der Waals surface area contributed by atoms with E-state index in [2.05, 4.69) is 15.9 Å². The lowest BCUT2D eigenvalue weighted by Crippen LogP contribution is -2.33. The van der Waals surface area contributed by atoms with Crippen molar-refractivity contribution in [1.82, 2.24) is 0 Å². The van der Waals surface area contributed by atoms with Crippen LogP contribution < -0.4 is 4.90 Å². The number of rotatable bonds is 2. The second kappa shape index (κ2) is 5.36. The van der Waals surface area contributed by atoms with Gasteiger partial charge >= 0.3 is 0 Å². The number of imide groups is 1. The zero-order valence-electron chi connectivity index (χ0n) is 13.6. The first-order valence-electron chi connectivity index (χ1n) is 8.00. The van der Waals surface area contributed by atoms with Gasteiger partial charge < -0.3 is 0 Å². The summed E-state index contributed by atoms with van der Waals surface area (Å²) in [5, 5.41) is 10.9. The fourth-order valence-electron chi connectivity index (χ4n) is 4.46. The number of benzene rings is 1. The zero-order chi connectivity index (χ0) is 18.0. The second-order valence-electron chi connectivity index (χ2n) is 6.85. The minimum atomic E-state index is -0.512. The SMILES string of the molecule is CC(C)=C1[C@H]2C=C[C@@H]1[C@H]1C(=O)N(c3ccc([N+](=O)[O-])cc3Br)C(=O)[C@@H]12. The maximum absolute atomic E-state index is 13.0. The summed E-state index contributed by atoms with van der Waals surface area (Å²) in [7, 11) is 0. The molecule has 2 aliphatic carbocycles. The fraction of sp³-hybridized carbons (Fsp3) is 0.333. The monoisotopic (exact) mass is 402 g/mol. The van der Waals surface area contributed by atoms with Crippen LogP contribution in [-0.2, 0) is 9.59 Å². The van der Waals surface area contributed by atoms with E-state index in [1.54, 1.807) is 0 Å². The van der Waals surface area contributed by atoms with E-state index >= 15 is 0 Å². The van der Waals surface area contributed by atoms with Crippen LogP contribution in [0.5, 0.6) is 0 Å². The van der Waals surface area contributed by atoms with Gasteiger partial charge in [-0.15, -0.1) is 0 Å². The Morgan fingerprint density at radius 1 is 1.12 bits per heavy atom. The zero-order valence-corrected chi connectivity index (χ0v) is 15.2. The van der Waals surface area contributed by atoms with Crippen LogP contribution in [0.2, 0.25) is 0 Å². The van der Waals surface area contributed by atoms with Crippen molar-refractivity contribution >= 4 is 39.1 Å². The first-order valence-corrected chi connectivity index (χ1v) is 8.79. The van der Waals surface area contributed by atoms with Gasteiger partial charge in [-0.3, -0.25) is 19.7 Å². The van der Waals surface area contributed by atoms with Crippen LogP contribution in [0.3, 0.4) is 0 Å². The van der Waals surface area contributed by atoms with Crippen LogP contribution >= 0.6 is 15.9 Å². The number of allylic oxidation sites excluding steroid dienone is 4. The van der Waals surface area contributed by atoms with Gasteiger partial charge in [0.25, 0.3) is 5.69 Å². The summed E-state index contributed by atoms with van der Waals surface area (Å²) in [6.07, 6.45) is 4.07. The summed E-state index contributed by atoms with van der Waals surface area (Å²) in [4.78, 5) is 37.6. The van der Waals surface area contributed by atoms with Crippen molar-refractivity contribution in [3.63, 3.8) is 0 Å². The molecule has 6 nitrogen and oxygen atoms in total. The van der Waals surface area contributed by atoms with Crippen LogP contribution in [0.1, 0.15) is 13.8 Å². The van der Waals surface area contributed by atoms with E-state index in [4.69, 9.17) is 0 Å². The predicted octanol–water partition coefficient (Wildman–Crippen LogP) is 3.62. The molecule has 1 aromatic rings. The highest BCUT2D eigenvalue weighted by Crippen LogP contribution is 2.57.